The van der Waals surface area contributed by atoms with Crippen molar-refractivity contribution in [2.24, 2.45) is 0 Å². The molecule has 0 aliphatic carbocycles. The Morgan fingerprint density at radius 1 is 1.39 bits per heavy atom. The predicted octanol–water partition coefficient (Wildman–Crippen LogP) is 0.404. The van der Waals surface area contributed by atoms with Crippen LogP contribution in [0.2, 0.25) is 0 Å². The van der Waals surface area contributed by atoms with Crippen LogP contribution in [0.5, 0.6) is 0 Å². The Morgan fingerprint density at radius 2 is 2.06 bits per heavy atom. The van der Waals surface area contributed by atoms with E-state index < -0.39 is 6.04 Å². The molecule has 0 bridgehead atoms. The van der Waals surface area contributed by atoms with E-state index in [0.29, 0.717) is 5.69 Å². The molecular formula is C13H19N3O2. The number of benzene rings is 1. The lowest BCUT2D eigenvalue weighted by molar-refractivity contribution is -0.133. The van der Waals surface area contributed by atoms with E-state index in [2.05, 4.69) is 5.32 Å². The number of likely N-dealkylation sites (N-methyl/N-ethyl adjacent to an activating group) is 1. The highest BCUT2D eigenvalue weighted by Gasteiger charge is 2.17. The van der Waals surface area contributed by atoms with Crippen LogP contribution in [0.25, 0.3) is 0 Å². The van der Waals surface area contributed by atoms with Crippen molar-refractivity contribution < 1.29 is 9.59 Å². The fourth-order valence-electron chi connectivity index (χ4n) is 1.63. The van der Waals surface area contributed by atoms with Gasteiger partial charge in [0, 0.05) is 19.8 Å². The number of anilines is 1. The maximum Gasteiger partial charge on any atom is 0.244 e. The molecule has 1 rings (SSSR count). The van der Waals surface area contributed by atoms with Crippen molar-refractivity contribution in [1.29, 1.82) is 0 Å². The second-order valence-electron chi connectivity index (χ2n) is 4.44. The standard InChI is InChI=1S/C13H19N3O2/c1-9(13(18)16(2)3)15-12(17)8-10-5-4-6-11(14)7-10/h4-7,9H,8,14H2,1-3H3,(H,15,17). The Balaban J connectivity index is 2.54. The fourth-order valence-corrected chi connectivity index (χ4v) is 1.63. The molecule has 0 spiro atoms. The number of rotatable bonds is 4. The molecule has 1 atom stereocenters. The van der Waals surface area contributed by atoms with Gasteiger partial charge in [-0.1, -0.05) is 12.1 Å². The van der Waals surface area contributed by atoms with E-state index in [-0.39, 0.29) is 18.2 Å². The van der Waals surface area contributed by atoms with E-state index in [1.54, 1.807) is 39.2 Å². The summed E-state index contributed by atoms with van der Waals surface area (Å²) in [4.78, 5) is 24.8. The Labute approximate surface area is 107 Å². The molecule has 1 unspecified atom stereocenters. The first kappa shape index (κ1) is 14.0. The van der Waals surface area contributed by atoms with Crippen LogP contribution in [0.1, 0.15) is 12.5 Å². The van der Waals surface area contributed by atoms with E-state index in [9.17, 15) is 9.59 Å². The maximum atomic E-state index is 11.7. The highest BCUT2D eigenvalue weighted by atomic mass is 16.2. The van der Waals surface area contributed by atoms with Crippen molar-refractivity contribution in [2.45, 2.75) is 19.4 Å². The Morgan fingerprint density at radius 3 is 2.61 bits per heavy atom. The number of nitrogens with two attached hydrogens (primary N) is 1. The lowest BCUT2D eigenvalue weighted by atomic mass is 10.1. The zero-order chi connectivity index (χ0) is 13.7. The van der Waals surface area contributed by atoms with Crippen LogP contribution in [-0.2, 0) is 16.0 Å². The van der Waals surface area contributed by atoms with E-state index in [1.807, 2.05) is 6.07 Å². The minimum atomic E-state index is -0.520. The molecule has 0 fully saturated rings. The summed E-state index contributed by atoms with van der Waals surface area (Å²) in [6, 6.07) is 6.62. The average Bonchev–Trinajstić information content (AvgIpc) is 2.27. The third-order valence-electron chi connectivity index (χ3n) is 2.50. The van der Waals surface area contributed by atoms with E-state index in [0.717, 1.165) is 5.56 Å². The van der Waals surface area contributed by atoms with Gasteiger partial charge in [0.2, 0.25) is 11.8 Å². The van der Waals surface area contributed by atoms with Crippen molar-refractivity contribution in [3.8, 4) is 0 Å². The van der Waals surface area contributed by atoms with Crippen LogP contribution in [0.4, 0.5) is 5.69 Å². The molecule has 5 heteroatoms. The summed E-state index contributed by atoms with van der Waals surface area (Å²) in [5.41, 5.74) is 7.08. The highest BCUT2D eigenvalue weighted by Crippen LogP contribution is 2.07. The van der Waals surface area contributed by atoms with E-state index >= 15 is 0 Å². The second-order valence-corrected chi connectivity index (χ2v) is 4.44. The summed E-state index contributed by atoms with van der Waals surface area (Å²) in [6.07, 6.45) is 0.218. The largest absolute Gasteiger partial charge is 0.399 e. The van der Waals surface area contributed by atoms with Crippen molar-refractivity contribution in [3.63, 3.8) is 0 Å². The predicted molar refractivity (Wildman–Crippen MR) is 70.9 cm³/mol. The number of carbonyl (C=O) groups is 2. The molecule has 5 nitrogen and oxygen atoms in total. The summed E-state index contributed by atoms with van der Waals surface area (Å²) in [7, 11) is 3.31. The summed E-state index contributed by atoms with van der Waals surface area (Å²) < 4.78 is 0. The molecule has 3 N–H and O–H groups in total. The van der Waals surface area contributed by atoms with Gasteiger partial charge in [0.15, 0.2) is 0 Å². The Bertz CT molecular complexity index is 444. The smallest absolute Gasteiger partial charge is 0.244 e. The zero-order valence-electron chi connectivity index (χ0n) is 10.9. The van der Waals surface area contributed by atoms with Crippen LogP contribution in [0.3, 0.4) is 0 Å². The molecule has 0 heterocycles. The van der Waals surface area contributed by atoms with Gasteiger partial charge in [-0.15, -0.1) is 0 Å². The molecular weight excluding hydrogens is 230 g/mol. The Hall–Kier alpha value is -2.04. The molecule has 2 amide bonds. The second kappa shape index (κ2) is 6.05. The molecule has 0 radical (unpaired) electrons. The fraction of sp³-hybridized carbons (Fsp3) is 0.385. The molecule has 0 aromatic heterocycles. The zero-order valence-corrected chi connectivity index (χ0v) is 10.9. The number of nitrogens with zero attached hydrogens (tertiary/aromatic N) is 1. The monoisotopic (exact) mass is 249 g/mol. The highest BCUT2D eigenvalue weighted by molar-refractivity contribution is 5.87. The quantitative estimate of drug-likeness (QED) is 0.759. The number of amides is 2. The van der Waals surface area contributed by atoms with Gasteiger partial charge in [-0.2, -0.15) is 0 Å². The first-order valence-electron chi connectivity index (χ1n) is 5.75. The molecule has 1 aromatic rings. The number of nitrogen functional groups attached to an aromatic ring is 1. The third kappa shape index (κ3) is 4.08. The van der Waals surface area contributed by atoms with Crippen molar-refractivity contribution >= 4 is 17.5 Å². The number of hydrogen-bond acceptors (Lipinski definition) is 3. The number of carbonyl (C=O) groups excluding carboxylic acids is 2. The first-order valence-corrected chi connectivity index (χ1v) is 5.75. The lowest BCUT2D eigenvalue weighted by Gasteiger charge is -2.18. The summed E-state index contributed by atoms with van der Waals surface area (Å²) in [5.74, 6) is -0.320. The summed E-state index contributed by atoms with van der Waals surface area (Å²) in [6.45, 7) is 1.67. The summed E-state index contributed by atoms with van der Waals surface area (Å²) >= 11 is 0. The van der Waals surface area contributed by atoms with Gasteiger partial charge >= 0.3 is 0 Å². The molecule has 0 saturated carbocycles. The van der Waals surface area contributed by atoms with Crippen LogP contribution in [-0.4, -0.2) is 36.9 Å². The number of nitrogens with one attached hydrogen (secondary N) is 1. The molecule has 98 valence electrons. The van der Waals surface area contributed by atoms with E-state index in [4.69, 9.17) is 5.73 Å². The normalized spacial score (nSPS) is 11.7. The molecule has 0 aliphatic rings. The first-order chi connectivity index (χ1) is 8.40. The van der Waals surface area contributed by atoms with Crippen molar-refractivity contribution in [2.75, 3.05) is 19.8 Å². The van der Waals surface area contributed by atoms with Crippen molar-refractivity contribution in [1.82, 2.24) is 10.2 Å². The van der Waals surface area contributed by atoms with Gasteiger partial charge in [0.25, 0.3) is 0 Å². The van der Waals surface area contributed by atoms with Gasteiger partial charge in [0.1, 0.15) is 6.04 Å². The van der Waals surface area contributed by atoms with Gasteiger partial charge in [-0.05, 0) is 24.6 Å². The van der Waals surface area contributed by atoms with Gasteiger partial charge in [-0.25, -0.2) is 0 Å². The molecule has 0 aliphatic heterocycles. The molecule has 0 saturated heterocycles. The van der Waals surface area contributed by atoms with Crippen LogP contribution >= 0.6 is 0 Å². The topological polar surface area (TPSA) is 75.4 Å². The maximum absolute atomic E-state index is 11.7. The van der Waals surface area contributed by atoms with Gasteiger partial charge < -0.3 is 16.0 Å². The van der Waals surface area contributed by atoms with Gasteiger partial charge in [0.05, 0.1) is 6.42 Å². The van der Waals surface area contributed by atoms with Crippen LogP contribution < -0.4 is 11.1 Å². The van der Waals surface area contributed by atoms with Gasteiger partial charge in [-0.3, -0.25) is 9.59 Å². The van der Waals surface area contributed by atoms with Crippen LogP contribution in [0, 0.1) is 0 Å². The Kier molecular flexibility index (Phi) is 4.71. The number of hydrogen-bond donors (Lipinski definition) is 2. The summed E-state index contributed by atoms with van der Waals surface area (Å²) in [5, 5.41) is 2.66. The van der Waals surface area contributed by atoms with Crippen LogP contribution in [0.15, 0.2) is 24.3 Å². The molecule has 1 aromatic carbocycles. The average molecular weight is 249 g/mol. The van der Waals surface area contributed by atoms with Crippen molar-refractivity contribution in [3.05, 3.63) is 29.8 Å². The molecule has 18 heavy (non-hydrogen) atoms. The third-order valence-corrected chi connectivity index (χ3v) is 2.50. The lowest BCUT2D eigenvalue weighted by Crippen LogP contribution is -2.44. The minimum absolute atomic E-state index is 0.129. The SMILES string of the molecule is CC(NC(=O)Cc1cccc(N)c1)C(=O)N(C)C. The minimum Gasteiger partial charge on any atom is -0.399 e. The van der Waals surface area contributed by atoms with E-state index in [1.165, 1.54) is 4.90 Å².